The molecule has 12 heteroatoms. The molecule has 2 aromatic carbocycles. The molecule has 10 nitrogen and oxygen atoms in total. The van der Waals surface area contributed by atoms with Gasteiger partial charge in [-0.1, -0.05) is 24.3 Å². The topological polar surface area (TPSA) is 185 Å². The van der Waals surface area contributed by atoms with Crippen molar-refractivity contribution in [3.8, 4) is 17.2 Å². The molecule has 0 atom stereocenters. The van der Waals surface area contributed by atoms with Gasteiger partial charge in [0, 0.05) is 6.07 Å². The maximum Gasteiger partial charge on any atom is 0.466 e. The van der Waals surface area contributed by atoms with E-state index in [1.807, 2.05) is 30.3 Å². The summed E-state index contributed by atoms with van der Waals surface area (Å²) >= 11 is 0. The van der Waals surface area contributed by atoms with Crippen LogP contribution in [0.15, 0.2) is 54.6 Å². The standard InChI is InChI=1S/C12H10O2.2H3O4P/c13-10-5-4-8-12(9-10)14-11-6-2-1-3-7-11;2*1-5(2,3)4/h1-9,13H;2*(H3,1,2,3,4). The third-order valence-electron chi connectivity index (χ3n) is 1.80. The molecule has 0 aliphatic carbocycles. The zero-order valence-electron chi connectivity index (χ0n) is 11.9. The molecule has 0 unspecified atom stereocenters. The van der Waals surface area contributed by atoms with Crippen molar-refractivity contribution in [3.63, 3.8) is 0 Å². The third kappa shape index (κ3) is 18.3. The molecular weight excluding hydrogens is 366 g/mol. The maximum atomic E-state index is 9.21. The molecule has 2 rings (SSSR count). The number of ether oxygens (including phenoxy) is 1. The molecule has 0 heterocycles. The molecule has 7 N–H and O–H groups in total. The molecule has 24 heavy (non-hydrogen) atoms. The van der Waals surface area contributed by atoms with Crippen LogP contribution >= 0.6 is 15.6 Å². The quantitative estimate of drug-likeness (QED) is 0.374. The number of aromatic hydroxyl groups is 1. The Morgan fingerprint density at radius 3 is 1.50 bits per heavy atom. The van der Waals surface area contributed by atoms with Crippen LogP contribution in [0.5, 0.6) is 17.2 Å². The fraction of sp³-hybridized carbons (Fsp3) is 0. The predicted octanol–water partition coefficient (Wildman–Crippen LogP) is 1.33. The van der Waals surface area contributed by atoms with E-state index in [0.29, 0.717) is 5.75 Å². The Hall–Kier alpha value is -1.74. The van der Waals surface area contributed by atoms with E-state index >= 15 is 0 Å². The van der Waals surface area contributed by atoms with Crippen LogP contribution in [0.4, 0.5) is 0 Å². The molecule has 0 amide bonds. The van der Waals surface area contributed by atoms with E-state index in [1.54, 1.807) is 24.3 Å². The maximum absolute atomic E-state index is 9.21. The average Bonchev–Trinajstić information content (AvgIpc) is 2.36. The fourth-order valence-electron chi connectivity index (χ4n) is 1.17. The van der Waals surface area contributed by atoms with Crippen molar-refractivity contribution < 1.29 is 48.3 Å². The minimum absolute atomic E-state index is 0.207. The second kappa shape index (κ2) is 10.2. The number of benzene rings is 2. The number of phenolic OH excluding ortho intramolecular Hbond substituents is 1. The molecule has 0 aliphatic rings. The van der Waals surface area contributed by atoms with Gasteiger partial charge in [0.25, 0.3) is 0 Å². The molecule has 134 valence electrons. The van der Waals surface area contributed by atoms with E-state index in [4.69, 9.17) is 43.2 Å². The van der Waals surface area contributed by atoms with Gasteiger partial charge in [0.1, 0.15) is 17.2 Å². The van der Waals surface area contributed by atoms with E-state index < -0.39 is 15.6 Å². The van der Waals surface area contributed by atoms with Crippen molar-refractivity contribution in [2.24, 2.45) is 0 Å². The number of rotatable bonds is 2. The van der Waals surface area contributed by atoms with Gasteiger partial charge < -0.3 is 39.2 Å². The van der Waals surface area contributed by atoms with Crippen molar-refractivity contribution in [1.82, 2.24) is 0 Å². The number of para-hydroxylation sites is 1. The lowest BCUT2D eigenvalue weighted by Gasteiger charge is -2.04. The lowest BCUT2D eigenvalue weighted by atomic mass is 10.3. The van der Waals surface area contributed by atoms with Crippen LogP contribution in [0.1, 0.15) is 0 Å². The van der Waals surface area contributed by atoms with Crippen molar-refractivity contribution in [2.75, 3.05) is 0 Å². The second-order valence-electron chi connectivity index (χ2n) is 3.94. The summed E-state index contributed by atoms with van der Waals surface area (Å²) < 4.78 is 23.3. The van der Waals surface area contributed by atoms with Gasteiger partial charge in [-0.15, -0.1) is 0 Å². The summed E-state index contributed by atoms with van der Waals surface area (Å²) in [6.45, 7) is 0. The van der Waals surface area contributed by atoms with Gasteiger partial charge in [0.05, 0.1) is 0 Å². The third-order valence-corrected chi connectivity index (χ3v) is 1.80. The molecule has 0 fully saturated rings. The largest absolute Gasteiger partial charge is 0.508 e. The smallest absolute Gasteiger partial charge is 0.466 e. The Bertz CT molecular complexity index is 657. The summed E-state index contributed by atoms with van der Waals surface area (Å²) in [5, 5.41) is 9.21. The first-order valence-corrected chi connectivity index (χ1v) is 9.06. The summed E-state index contributed by atoms with van der Waals surface area (Å²) in [7, 11) is -9.28. The van der Waals surface area contributed by atoms with E-state index in [9.17, 15) is 5.11 Å². The van der Waals surface area contributed by atoms with Crippen molar-refractivity contribution in [2.45, 2.75) is 0 Å². The lowest BCUT2D eigenvalue weighted by Crippen LogP contribution is -1.82. The molecule has 0 saturated carbocycles. The molecule has 0 bridgehead atoms. The van der Waals surface area contributed by atoms with Crippen LogP contribution in [0, 0.1) is 0 Å². The van der Waals surface area contributed by atoms with Crippen LogP contribution < -0.4 is 4.74 Å². The fourth-order valence-corrected chi connectivity index (χ4v) is 1.17. The molecule has 0 radical (unpaired) electrons. The normalized spacial score (nSPS) is 10.6. The number of phenols is 1. The van der Waals surface area contributed by atoms with Gasteiger partial charge in [0.2, 0.25) is 0 Å². The number of hydrogen-bond donors (Lipinski definition) is 7. The first-order chi connectivity index (χ1) is 10.8. The van der Waals surface area contributed by atoms with Crippen molar-refractivity contribution in [3.05, 3.63) is 54.6 Å². The molecular formula is C12H16O10P2. The van der Waals surface area contributed by atoms with Gasteiger partial charge in [-0.25, -0.2) is 9.13 Å². The van der Waals surface area contributed by atoms with E-state index in [-0.39, 0.29) is 5.75 Å². The Labute approximate surface area is 136 Å². The van der Waals surface area contributed by atoms with Gasteiger partial charge in [-0.05, 0) is 24.3 Å². The highest BCUT2D eigenvalue weighted by Crippen LogP contribution is 2.26. The van der Waals surface area contributed by atoms with E-state index in [2.05, 4.69) is 0 Å². The first kappa shape index (κ1) is 22.3. The zero-order valence-corrected chi connectivity index (χ0v) is 13.7. The van der Waals surface area contributed by atoms with Crippen LogP contribution in [-0.2, 0) is 9.13 Å². The van der Waals surface area contributed by atoms with Gasteiger partial charge in [-0.3, -0.25) is 0 Å². The van der Waals surface area contributed by atoms with E-state index in [0.717, 1.165) is 5.75 Å². The average molecular weight is 382 g/mol. The Kier molecular flexibility index (Phi) is 9.45. The zero-order chi connectivity index (χ0) is 18.8. The predicted molar refractivity (Wildman–Crippen MR) is 83.1 cm³/mol. The first-order valence-electron chi connectivity index (χ1n) is 5.93. The Balaban J connectivity index is 0.000000442. The van der Waals surface area contributed by atoms with Gasteiger partial charge in [-0.2, -0.15) is 0 Å². The number of hydrogen-bond acceptors (Lipinski definition) is 4. The minimum Gasteiger partial charge on any atom is -0.508 e. The van der Waals surface area contributed by atoms with Crippen molar-refractivity contribution in [1.29, 1.82) is 0 Å². The summed E-state index contributed by atoms with van der Waals surface area (Å²) in [5.41, 5.74) is 0. The summed E-state index contributed by atoms with van der Waals surface area (Å²) in [6, 6.07) is 16.2. The molecule has 0 aliphatic heterocycles. The van der Waals surface area contributed by atoms with E-state index in [1.165, 1.54) is 0 Å². The van der Waals surface area contributed by atoms with Crippen LogP contribution in [0.25, 0.3) is 0 Å². The van der Waals surface area contributed by atoms with Crippen LogP contribution in [-0.4, -0.2) is 34.5 Å². The highest BCUT2D eigenvalue weighted by atomic mass is 31.2. The van der Waals surface area contributed by atoms with Crippen molar-refractivity contribution >= 4 is 15.6 Å². The van der Waals surface area contributed by atoms with Crippen LogP contribution in [0.3, 0.4) is 0 Å². The molecule has 0 saturated heterocycles. The summed E-state index contributed by atoms with van der Waals surface area (Å²) in [5.74, 6) is 1.60. The SMILES string of the molecule is O=P(O)(O)O.O=P(O)(O)O.Oc1cccc(Oc2ccccc2)c1. The monoisotopic (exact) mass is 382 g/mol. The minimum atomic E-state index is -4.64. The highest BCUT2D eigenvalue weighted by Gasteiger charge is 2.00. The summed E-state index contributed by atoms with van der Waals surface area (Å²) in [6.07, 6.45) is 0. The van der Waals surface area contributed by atoms with Gasteiger partial charge in [0.15, 0.2) is 0 Å². The summed E-state index contributed by atoms with van der Waals surface area (Å²) in [4.78, 5) is 43.1. The Morgan fingerprint density at radius 1 is 0.667 bits per heavy atom. The molecule has 0 aromatic heterocycles. The second-order valence-corrected chi connectivity index (χ2v) is 5.99. The molecule has 2 aromatic rings. The Morgan fingerprint density at radius 2 is 1.08 bits per heavy atom. The van der Waals surface area contributed by atoms with Crippen LogP contribution in [0.2, 0.25) is 0 Å². The highest BCUT2D eigenvalue weighted by molar-refractivity contribution is 7.45. The molecule has 0 spiro atoms. The van der Waals surface area contributed by atoms with Gasteiger partial charge >= 0.3 is 15.6 Å². The lowest BCUT2D eigenvalue weighted by molar-refractivity contribution is 0.272. The number of phosphoric acid groups is 2.